The van der Waals surface area contributed by atoms with Crippen molar-refractivity contribution in [2.45, 2.75) is 0 Å². The molecule has 2 aromatic rings. The van der Waals surface area contributed by atoms with Crippen LogP contribution in [0.15, 0.2) is 36.7 Å². The summed E-state index contributed by atoms with van der Waals surface area (Å²) in [5.74, 6) is -2.66. The van der Waals surface area contributed by atoms with Crippen molar-refractivity contribution in [3.63, 3.8) is 0 Å². The average molecular weight is 336 g/mol. The SMILES string of the molecule is CN(CC(=O)OCC(=O)Nc1cc(F)ccc1F)c1ncccn1. The number of benzene rings is 1. The van der Waals surface area contributed by atoms with Gasteiger partial charge < -0.3 is 15.0 Å². The van der Waals surface area contributed by atoms with E-state index in [4.69, 9.17) is 4.74 Å². The molecule has 1 N–H and O–H groups in total. The maximum absolute atomic E-state index is 13.4. The molecule has 0 aliphatic rings. The molecule has 0 aliphatic heterocycles. The van der Waals surface area contributed by atoms with Gasteiger partial charge >= 0.3 is 5.97 Å². The minimum Gasteiger partial charge on any atom is -0.454 e. The van der Waals surface area contributed by atoms with E-state index >= 15 is 0 Å². The van der Waals surface area contributed by atoms with Gasteiger partial charge in [0.2, 0.25) is 5.95 Å². The molecule has 2 rings (SSSR count). The molecule has 1 aromatic carbocycles. The first-order valence-electron chi connectivity index (χ1n) is 6.84. The van der Waals surface area contributed by atoms with Gasteiger partial charge in [-0.15, -0.1) is 0 Å². The zero-order valence-electron chi connectivity index (χ0n) is 12.7. The van der Waals surface area contributed by atoms with E-state index in [1.54, 1.807) is 13.1 Å². The van der Waals surface area contributed by atoms with Crippen molar-refractivity contribution in [1.29, 1.82) is 0 Å². The highest BCUT2D eigenvalue weighted by Gasteiger charge is 2.13. The summed E-state index contributed by atoms with van der Waals surface area (Å²) >= 11 is 0. The quantitative estimate of drug-likeness (QED) is 0.802. The second-order valence-corrected chi connectivity index (χ2v) is 4.74. The Hall–Kier alpha value is -3.10. The Bertz CT molecular complexity index is 728. The van der Waals surface area contributed by atoms with Gasteiger partial charge in [0.05, 0.1) is 5.69 Å². The van der Waals surface area contributed by atoms with Crippen LogP contribution in [0.1, 0.15) is 0 Å². The molecular formula is C15H14F2N4O3. The summed E-state index contributed by atoms with van der Waals surface area (Å²) in [5.41, 5.74) is -0.328. The number of esters is 1. The maximum Gasteiger partial charge on any atom is 0.326 e. The lowest BCUT2D eigenvalue weighted by atomic mass is 10.3. The number of anilines is 2. The summed E-state index contributed by atoms with van der Waals surface area (Å²) in [5, 5.41) is 2.12. The van der Waals surface area contributed by atoms with Crippen LogP contribution < -0.4 is 10.2 Å². The molecule has 1 amide bonds. The van der Waals surface area contributed by atoms with Crippen molar-refractivity contribution in [3.8, 4) is 0 Å². The molecule has 1 heterocycles. The number of hydrogen-bond donors (Lipinski definition) is 1. The van der Waals surface area contributed by atoms with Crippen LogP contribution in [0.3, 0.4) is 0 Å². The van der Waals surface area contributed by atoms with Crippen molar-refractivity contribution in [3.05, 3.63) is 48.3 Å². The van der Waals surface area contributed by atoms with Crippen LogP contribution in [-0.2, 0) is 14.3 Å². The van der Waals surface area contributed by atoms with E-state index < -0.39 is 30.1 Å². The second-order valence-electron chi connectivity index (χ2n) is 4.74. The summed E-state index contributed by atoms with van der Waals surface area (Å²) < 4.78 is 31.1. The van der Waals surface area contributed by atoms with E-state index in [9.17, 15) is 18.4 Å². The van der Waals surface area contributed by atoms with Crippen molar-refractivity contribution in [2.24, 2.45) is 0 Å². The molecule has 0 saturated carbocycles. The summed E-state index contributed by atoms with van der Waals surface area (Å²) in [6, 6.07) is 4.26. The van der Waals surface area contributed by atoms with Gasteiger partial charge in [-0.05, 0) is 18.2 Å². The van der Waals surface area contributed by atoms with Crippen LogP contribution in [-0.4, -0.2) is 42.0 Å². The lowest BCUT2D eigenvalue weighted by Crippen LogP contribution is -2.30. The van der Waals surface area contributed by atoms with Crippen LogP contribution in [0.25, 0.3) is 0 Å². The molecule has 0 saturated heterocycles. The first-order valence-corrected chi connectivity index (χ1v) is 6.84. The Morgan fingerprint density at radius 1 is 1.25 bits per heavy atom. The third-order valence-corrected chi connectivity index (χ3v) is 2.83. The van der Waals surface area contributed by atoms with Gasteiger partial charge in [-0.1, -0.05) is 0 Å². The van der Waals surface area contributed by atoms with E-state index in [1.807, 2.05) is 0 Å². The predicted molar refractivity (Wildman–Crippen MR) is 81.2 cm³/mol. The number of aromatic nitrogens is 2. The molecule has 0 radical (unpaired) electrons. The number of ether oxygens (including phenoxy) is 1. The largest absolute Gasteiger partial charge is 0.454 e. The van der Waals surface area contributed by atoms with Crippen molar-refractivity contribution >= 4 is 23.5 Å². The van der Waals surface area contributed by atoms with Crippen LogP contribution >= 0.6 is 0 Å². The highest BCUT2D eigenvalue weighted by Crippen LogP contribution is 2.15. The Morgan fingerprint density at radius 2 is 1.96 bits per heavy atom. The Kier molecular flexibility index (Phi) is 5.72. The highest BCUT2D eigenvalue weighted by atomic mass is 19.1. The third-order valence-electron chi connectivity index (χ3n) is 2.83. The molecule has 1 aromatic heterocycles. The highest BCUT2D eigenvalue weighted by molar-refractivity contribution is 5.93. The van der Waals surface area contributed by atoms with Gasteiger partial charge in [-0.25, -0.2) is 18.7 Å². The van der Waals surface area contributed by atoms with E-state index in [1.165, 1.54) is 17.3 Å². The van der Waals surface area contributed by atoms with Gasteiger partial charge in [-0.2, -0.15) is 0 Å². The van der Waals surface area contributed by atoms with Gasteiger partial charge in [0.25, 0.3) is 5.91 Å². The van der Waals surface area contributed by atoms with Crippen LogP contribution in [0.4, 0.5) is 20.4 Å². The summed E-state index contributed by atoms with van der Waals surface area (Å²) in [6.45, 7) is -0.802. The van der Waals surface area contributed by atoms with E-state index in [2.05, 4.69) is 15.3 Å². The number of carbonyl (C=O) groups is 2. The number of likely N-dealkylation sites (N-methyl/N-ethyl adjacent to an activating group) is 1. The van der Waals surface area contributed by atoms with E-state index in [0.717, 1.165) is 18.2 Å². The number of rotatable bonds is 6. The van der Waals surface area contributed by atoms with E-state index in [-0.39, 0.29) is 12.2 Å². The first-order chi connectivity index (χ1) is 11.5. The normalized spacial score (nSPS) is 10.1. The maximum atomic E-state index is 13.4. The standard InChI is InChI=1S/C15H14F2N4O3/c1-21(15-18-5-2-6-19-15)8-14(23)24-9-13(22)20-12-7-10(16)3-4-11(12)17/h2-7H,8-9H2,1H3,(H,20,22). The topological polar surface area (TPSA) is 84.4 Å². The van der Waals surface area contributed by atoms with Crippen LogP contribution in [0.5, 0.6) is 0 Å². The Balaban J connectivity index is 1.81. The lowest BCUT2D eigenvalue weighted by Gasteiger charge is -2.15. The minimum atomic E-state index is -0.794. The molecule has 0 atom stereocenters. The first kappa shape index (κ1) is 17.3. The third kappa shape index (κ3) is 4.97. The molecule has 0 aliphatic carbocycles. The minimum absolute atomic E-state index is 0.175. The molecule has 9 heteroatoms. The zero-order chi connectivity index (χ0) is 17.5. The molecule has 24 heavy (non-hydrogen) atoms. The number of nitrogens with zero attached hydrogens (tertiary/aromatic N) is 3. The number of hydrogen-bond acceptors (Lipinski definition) is 6. The fraction of sp³-hybridized carbons (Fsp3) is 0.200. The number of carbonyl (C=O) groups excluding carboxylic acids is 2. The predicted octanol–water partition coefficient (Wildman–Crippen LogP) is 1.37. The number of nitrogens with one attached hydrogen (secondary N) is 1. The smallest absolute Gasteiger partial charge is 0.326 e. The Morgan fingerprint density at radius 3 is 2.67 bits per heavy atom. The van der Waals surface area contributed by atoms with Gasteiger partial charge in [0.1, 0.15) is 18.2 Å². The zero-order valence-corrected chi connectivity index (χ0v) is 12.7. The van der Waals surface area contributed by atoms with Crippen LogP contribution in [0.2, 0.25) is 0 Å². The lowest BCUT2D eigenvalue weighted by molar-refractivity contribution is -0.145. The number of amides is 1. The van der Waals surface area contributed by atoms with Crippen molar-refractivity contribution in [2.75, 3.05) is 30.4 Å². The Labute approximate surface area is 136 Å². The van der Waals surface area contributed by atoms with Gasteiger partial charge in [0, 0.05) is 25.5 Å². The molecule has 0 bridgehead atoms. The van der Waals surface area contributed by atoms with Crippen LogP contribution in [0, 0.1) is 11.6 Å². The molecule has 0 unspecified atom stereocenters. The molecule has 126 valence electrons. The van der Waals surface area contributed by atoms with Crippen molar-refractivity contribution in [1.82, 2.24) is 9.97 Å². The fourth-order valence-electron chi connectivity index (χ4n) is 1.72. The van der Waals surface area contributed by atoms with Gasteiger partial charge in [-0.3, -0.25) is 9.59 Å². The molecular weight excluding hydrogens is 322 g/mol. The molecule has 7 nitrogen and oxygen atoms in total. The number of halogens is 2. The molecule has 0 spiro atoms. The average Bonchev–Trinajstić information content (AvgIpc) is 2.57. The second kappa shape index (κ2) is 7.95. The monoisotopic (exact) mass is 336 g/mol. The molecule has 0 fully saturated rings. The van der Waals surface area contributed by atoms with E-state index in [0.29, 0.717) is 5.95 Å². The fourth-order valence-corrected chi connectivity index (χ4v) is 1.72. The summed E-state index contributed by atoms with van der Waals surface area (Å²) in [7, 11) is 1.58. The van der Waals surface area contributed by atoms with Crippen molar-refractivity contribution < 1.29 is 23.1 Å². The van der Waals surface area contributed by atoms with Gasteiger partial charge in [0.15, 0.2) is 6.61 Å². The summed E-state index contributed by atoms with van der Waals surface area (Å²) in [6.07, 6.45) is 3.04. The summed E-state index contributed by atoms with van der Waals surface area (Å²) in [4.78, 5) is 32.6.